The van der Waals surface area contributed by atoms with Crippen LogP contribution in [0.25, 0.3) is 5.78 Å². The molecule has 0 saturated heterocycles. The van der Waals surface area contributed by atoms with Gasteiger partial charge < -0.3 is 0 Å². The zero-order valence-electron chi connectivity index (χ0n) is 9.11. The zero-order valence-corrected chi connectivity index (χ0v) is 10.6. The van der Waals surface area contributed by atoms with Crippen LogP contribution in [0.1, 0.15) is 24.6 Å². The lowest BCUT2D eigenvalue weighted by Crippen LogP contribution is -2.08. The fourth-order valence-electron chi connectivity index (χ4n) is 1.54. The Morgan fingerprint density at radius 2 is 2.25 bits per heavy atom. The van der Waals surface area contributed by atoms with Gasteiger partial charge in [0.2, 0.25) is 0 Å². The summed E-state index contributed by atoms with van der Waals surface area (Å²) in [5, 5.41) is 4.64. The first-order chi connectivity index (χ1) is 7.63. The second-order valence-corrected chi connectivity index (χ2v) is 4.62. The van der Waals surface area contributed by atoms with Crippen molar-refractivity contribution in [3.63, 3.8) is 0 Å². The number of alkyl halides is 1. The minimum Gasteiger partial charge on any atom is -0.216 e. The smallest absolute Gasteiger partial charge is 0.216 e. The average Bonchev–Trinajstić information content (AvgIpc) is 2.71. The number of aromatic nitrogens is 4. The van der Waals surface area contributed by atoms with Crippen LogP contribution in [0.5, 0.6) is 0 Å². The van der Waals surface area contributed by atoms with Crippen LogP contribution < -0.4 is 0 Å². The molecule has 0 aromatic carbocycles. The molecule has 6 heteroatoms. The second-order valence-electron chi connectivity index (χ2n) is 3.65. The van der Waals surface area contributed by atoms with Gasteiger partial charge in [-0.05, 0) is 19.8 Å². The average molecular weight is 259 g/mol. The maximum absolute atomic E-state index is 6.25. The molecule has 86 valence electrons. The van der Waals surface area contributed by atoms with E-state index in [2.05, 4.69) is 15.1 Å². The van der Waals surface area contributed by atoms with Gasteiger partial charge in [0, 0.05) is 16.6 Å². The summed E-state index contributed by atoms with van der Waals surface area (Å²) in [6.07, 6.45) is 3.04. The van der Waals surface area contributed by atoms with Crippen molar-refractivity contribution in [1.29, 1.82) is 0 Å². The van der Waals surface area contributed by atoms with Crippen LogP contribution in [0.4, 0.5) is 0 Å². The molecule has 0 bridgehead atoms. The van der Waals surface area contributed by atoms with E-state index in [0.717, 1.165) is 17.7 Å². The van der Waals surface area contributed by atoms with Gasteiger partial charge in [0.05, 0.1) is 0 Å². The maximum atomic E-state index is 6.25. The van der Waals surface area contributed by atoms with E-state index in [1.807, 2.05) is 13.8 Å². The van der Waals surface area contributed by atoms with Crippen molar-refractivity contribution in [1.82, 2.24) is 19.6 Å². The van der Waals surface area contributed by atoms with E-state index in [0.29, 0.717) is 17.4 Å². The first kappa shape index (κ1) is 11.6. The van der Waals surface area contributed by atoms with Crippen LogP contribution in [0.3, 0.4) is 0 Å². The summed E-state index contributed by atoms with van der Waals surface area (Å²) < 4.78 is 1.53. The van der Waals surface area contributed by atoms with Crippen LogP contribution in [-0.4, -0.2) is 25.0 Å². The molecule has 1 unspecified atom stereocenters. The fraction of sp³-hybridized carbons (Fsp3) is 0.500. The Hall–Kier alpha value is -0.870. The molecule has 0 aliphatic rings. The van der Waals surface area contributed by atoms with Crippen molar-refractivity contribution in [2.24, 2.45) is 0 Å². The van der Waals surface area contributed by atoms with Crippen molar-refractivity contribution in [2.45, 2.75) is 32.1 Å². The molecule has 4 nitrogen and oxygen atoms in total. The molecule has 2 heterocycles. The molecule has 2 rings (SSSR count). The lowest BCUT2D eigenvalue weighted by molar-refractivity contribution is 0.781. The summed E-state index contributed by atoms with van der Waals surface area (Å²) in [4.78, 5) is 8.33. The molecular weight excluding hydrogens is 247 g/mol. The fourth-order valence-corrected chi connectivity index (χ4v) is 2.03. The Bertz CT molecular complexity index is 509. The van der Waals surface area contributed by atoms with E-state index in [9.17, 15) is 0 Å². The number of nitrogens with zero attached hydrogens (tertiary/aromatic N) is 4. The Labute approximate surface area is 104 Å². The van der Waals surface area contributed by atoms with Gasteiger partial charge in [-0.15, -0.1) is 11.6 Å². The molecule has 0 amide bonds. The Kier molecular flexibility index (Phi) is 3.30. The number of aryl methyl sites for hydroxylation is 1. The van der Waals surface area contributed by atoms with E-state index in [1.165, 1.54) is 10.8 Å². The molecule has 0 fully saturated rings. The topological polar surface area (TPSA) is 43.1 Å². The van der Waals surface area contributed by atoms with Crippen LogP contribution >= 0.6 is 23.2 Å². The summed E-state index contributed by atoms with van der Waals surface area (Å²) in [6, 6.07) is 0. The Morgan fingerprint density at radius 3 is 2.94 bits per heavy atom. The lowest BCUT2D eigenvalue weighted by atomic mass is 10.1. The van der Waals surface area contributed by atoms with Crippen molar-refractivity contribution < 1.29 is 0 Å². The van der Waals surface area contributed by atoms with Gasteiger partial charge in [-0.25, -0.2) is 4.98 Å². The molecule has 0 saturated carbocycles. The molecular formula is C10H12Cl2N4. The third-order valence-corrected chi connectivity index (χ3v) is 3.39. The summed E-state index contributed by atoms with van der Waals surface area (Å²) in [6.45, 7) is 3.96. The summed E-state index contributed by atoms with van der Waals surface area (Å²) >= 11 is 12.4. The van der Waals surface area contributed by atoms with Gasteiger partial charge in [0.1, 0.15) is 11.5 Å². The lowest BCUT2D eigenvalue weighted by Gasteiger charge is -2.11. The number of hydrogen-bond donors (Lipinski definition) is 0. The van der Waals surface area contributed by atoms with Gasteiger partial charge in [-0.3, -0.25) is 0 Å². The highest BCUT2D eigenvalue weighted by molar-refractivity contribution is 6.30. The van der Waals surface area contributed by atoms with Crippen molar-refractivity contribution in [3.8, 4) is 0 Å². The van der Waals surface area contributed by atoms with Crippen LogP contribution in [0, 0.1) is 6.92 Å². The van der Waals surface area contributed by atoms with Crippen LogP contribution in [0.2, 0.25) is 5.15 Å². The molecule has 0 aliphatic heterocycles. The first-order valence-corrected chi connectivity index (χ1v) is 5.93. The van der Waals surface area contributed by atoms with E-state index in [4.69, 9.17) is 23.2 Å². The third kappa shape index (κ3) is 1.99. The van der Waals surface area contributed by atoms with E-state index >= 15 is 0 Å². The minimum absolute atomic E-state index is 0.0685. The SMILES string of the molecule is CCC(Cl)Cc1c(C)nc2ncnn2c1Cl. The molecule has 2 aromatic heterocycles. The van der Waals surface area contributed by atoms with Crippen molar-refractivity contribution >= 4 is 29.0 Å². The highest BCUT2D eigenvalue weighted by Crippen LogP contribution is 2.22. The number of halogens is 2. The third-order valence-electron chi connectivity index (χ3n) is 2.54. The van der Waals surface area contributed by atoms with Gasteiger partial charge in [-0.2, -0.15) is 14.6 Å². The highest BCUT2D eigenvalue weighted by atomic mass is 35.5. The monoisotopic (exact) mass is 258 g/mol. The number of fused-ring (bicyclic) bond motifs is 1. The van der Waals surface area contributed by atoms with Gasteiger partial charge in [0.15, 0.2) is 0 Å². The summed E-state index contributed by atoms with van der Waals surface area (Å²) in [5.74, 6) is 0.522. The molecule has 0 radical (unpaired) electrons. The maximum Gasteiger partial charge on any atom is 0.253 e. The van der Waals surface area contributed by atoms with Crippen LogP contribution in [0.15, 0.2) is 6.33 Å². The predicted octanol–water partition coefficient (Wildman–Crippen LogP) is 2.65. The van der Waals surface area contributed by atoms with E-state index in [1.54, 1.807) is 0 Å². The van der Waals surface area contributed by atoms with Gasteiger partial charge >= 0.3 is 0 Å². The van der Waals surface area contributed by atoms with E-state index in [-0.39, 0.29) is 5.38 Å². The highest BCUT2D eigenvalue weighted by Gasteiger charge is 2.15. The first-order valence-electron chi connectivity index (χ1n) is 5.12. The normalized spacial score (nSPS) is 13.2. The van der Waals surface area contributed by atoms with Crippen LogP contribution in [-0.2, 0) is 6.42 Å². The molecule has 2 aromatic rings. The van der Waals surface area contributed by atoms with E-state index < -0.39 is 0 Å². The van der Waals surface area contributed by atoms with Crippen molar-refractivity contribution in [2.75, 3.05) is 0 Å². The molecule has 0 N–H and O–H groups in total. The molecule has 0 aliphatic carbocycles. The Balaban J connectivity index is 2.50. The molecule has 0 spiro atoms. The van der Waals surface area contributed by atoms with Crippen molar-refractivity contribution in [3.05, 3.63) is 22.7 Å². The summed E-state index contributed by atoms with van der Waals surface area (Å²) in [7, 11) is 0. The summed E-state index contributed by atoms with van der Waals surface area (Å²) in [5.41, 5.74) is 1.81. The largest absolute Gasteiger partial charge is 0.253 e. The predicted molar refractivity (Wildman–Crippen MR) is 64.2 cm³/mol. The van der Waals surface area contributed by atoms with Gasteiger partial charge in [-0.1, -0.05) is 18.5 Å². The Morgan fingerprint density at radius 1 is 1.50 bits per heavy atom. The number of hydrogen-bond acceptors (Lipinski definition) is 3. The quantitative estimate of drug-likeness (QED) is 0.628. The minimum atomic E-state index is 0.0685. The molecule has 1 atom stereocenters. The molecule has 16 heavy (non-hydrogen) atoms. The number of rotatable bonds is 3. The van der Waals surface area contributed by atoms with Gasteiger partial charge in [0.25, 0.3) is 5.78 Å². The second kappa shape index (κ2) is 4.55. The zero-order chi connectivity index (χ0) is 11.7. The standard InChI is InChI=1S/C10H12Cl2N4/c1-3-7(11)4-8-6(2)15-10-13-5-14-16(10)9(8)12/h5,7H,3-4H2,1-2H3.